The lowest BCUT2D eigenvalue weighted by Gasteiger charge is -2.10. The summed E-state index contributed by atoms with van der Waals surface area (Å²) in [6, 6.07) is 15.7. The number of fused-ring (bicyclic) bond motifs is 1. The lowest BCUT2D eigenvalue weighted by atomic mass is 10.1. The van der Waals surface area contributed by atoms with Crippen LogP contribution in [0.3, 0.4) is 0 Å². The third kappa shape index (κ3) is 4.01. The van der Waals surface area contributed by atoms with Crippen LogP contribution in [0.5, 0.6) is 0 Å². The van der Waals surface area contributed by atoms with E-state index in [0.717, 1.165) is 44.8 Å². The summed E-state index contributed by atoms with van der Waals surface area (Å²) in [5, 5.41) is 4.48. The monoisotopic (exact) mass is 470 g/mol. The molecule has 1 N–H and O–H groups in total. The number of aromatic nitrogens is 5. The second-order valence-electron chi connectivity index (χ2n) is 8.01. The molecule has 0 bridgehead atoms. The summed E-state index contributed by atoms with van der Waals surface area (Å²) in [5.74, 6) is 0. The number of nitrogens with zero attached hydrogens (tertiary/aromatic N) is 5. The second kappa shape index (κ2) is 8.35. The molecule has 9 heteroatoms. The first-order valence-corrected chi connectivity index (χ1v) is 12.1. The summed E-state index contributed by atoms with van der Waals surface area (Å²) in [7, 11) is -1.80. The van der Waals surface area contributed by atoms with Crippen molar-refractivity contribution in [1.82, 2.24) is 24.7 Å². The molecule has 5 rings (SSSR count). The molecule has 0 saturated heterocycles. The molecule has 3 aromatic heterocycles. The van der Waals surface area contributed by atoms with Crippen molar-refractivity contribution >= 4 is 26.7 Å². The van der Waals surface area contributed by atoms with Crippen LogP contribution in [0.15, 0.2) is 78.1 Å². The molecule has 0 unspecified atom stereocenters. The highest BCUT2D eigenvalue weighted by atomic mass is 32.2. The van der Waals surface area contributed by atoms with Gasteiger partial charge in [0.05, 0.1) is 45.4 Å². The number of benzene rings is 2. The summed E-state index contributed by atoms with van der Waals surface area (Å²) in [6.45, 7) is 3.96. The van der Waals surface area contributed by atoms with Crippen molar-refractivity contribution in [3.05, 3.63) is 84.6 Å². The number of rotatable bonds is 5. The van der Waals surface area contributed by atoms with Crippen LogP contribution in [-0.2, 0) is 17.1 Å². The van der Waals surface area contributed by atoms with Crippen molar-refractivity contribution in [3.63, 3.8) is 0 Å². The average Bonchev–Trinajstić information content (AvgIpc) is 3.09. The Morgan fingerprint density at radius 2 is 1.68 bits per heavy atom. The highest BCUT2D eigenvalue weighted by molar-refractivity contribution is 7.92. The molecule has 0 saturated carbocycles. The maximum Gasteiger partial charge on any atom is 0.261 e. The third-order valence-electron chi connectivity index (χ3n) is 5.68. The quantitative estimate of drug-likeness (QED) is 0.405. The zero-order valence-corrected chi connectivity index (χ0v) is 19.7. The Bertz CT molecular complexity index is 1630. The van der Waals surface area contributed by atoms with Gasteiger partial charge in [-0.05, 0) is 49.7 Å². The summed E-state index contributed by atoms with van der Waals surface area (Å²) in [5.41, 5.74) is 7.13. The standard InChI is InChI=1S/C25H22N6O2S/c1-16-25(17(2)31(3)29-16)24-15-27-22-10-9-18(12-23(22)28-24)19-11-20(14-26-13-19)30-34(32,33)21-7-5-4-6-8-21/h4-15,30H,1-3H3. The molecule has 34 heavy (non-hydrogen) atoms. The minimum absolute atomic E-state index is 0.190. The maximum atomic E-state index is 12.7. The molecule has 5 aromatic rings. The molecule has 0 aliphatic heterocycles. The maximum absolute atomic E-state index is 12.7. The van der Waals surface area contributed by atoms with Crippen molar-refractivity contribution in [2.45, 2.75) is 18.7 Å². The zero-order valence-electron chi connectivity index (χ0n) is 18.9. The highest BCUT2D eigenvalue weighted by Crippen LogP contribution is 2.29. The minimum Gasteiger partial charge on any atom is -0.278 e. The van der Waals surface area contributed by atoms with Crippen molar-refractivity contribution in [2.24, 2.45) is 7.05 Å². The lowest BCUT2D eigenvalue weighted by Crippen LogP contribution is -2.12. The first kappa shape index (κ1) is 21.7. The predicted octanol–water partition coefficient (Wildman–Crippen LogP) is 4.51. The molecule has 0 aliphatic carbocycles. The van der Waals surface area contributed by atoms with E-state index in [9.17, 15) is 8.42 Å². The van der Waals surface area contributed by atoms with E-state index in [-0.39, 0.29) is 4.90 Å². The van der Waals surface area contributed by atoms with E-state index in [2.05, 4.69) is 19.8 Å². The number of anilines is 1. The minimum atomic E-state index is -3.71. The van der Waals surface area contributed by atoms with Gasteiger partial charge in [-0.3, -0.25) is 19.4 Å². The number of pyridine rings is 1. The van der Waals surface area contributed by atoms with Crippen molar-refractivity contribution in [2.75, 3.05) is 4.72 Å². The van der Waals surface area contributed by atoms with Gasteiger partial charge in [0.1, 0.15) is 0 Å². The fraction of sp³-hybridized carbons (Fsp3) is 0.120. The average molecular weight is 471 g/mol. The normalized spacial score (nSPS) is 11.6. The van der Waals surface area contributed by atoms with E-state index in [0.29, 0.717) is 5.69 Å². The molecular weight excluding hydrogens is 448 g/mol. The Hall–Kier alpha value is -4.11. The van der Waals surface area contributed by atoms with Crippen LogP contribution in [0.4, 0.5) is 5.69 Å². The Kier molecular flexibility index (Phi) is 5.33. The molecular formula is C25H22N6O2S. The van der Waals surface area contributed by atoms with Gasteiger partial charge < -0.3 is 0 Å². The van der Waals surface area contributed by atoms with Crippen LogP contribution in [0.2, 0.25) is 0 Å². The Morgan fingerprint density at radius 1 is 0.882 bits per heavy atom. The van der Waals surface area contributed by atoms with Gasteiger partial charge >= 0.3 is 0 Å². The van der Waals surface area contributed by atoms with Crippen LogP contribution in [0, 0.1) is 13.8 Å². The Balaban J connectivity index is 1.51. The van der Waals surface area contributed by atoms with E-state index in [1.807, 2.05) is 43.8 Å². The van der Waals surface area contributed by atoms with Gasteiger partial charge in [-0.15, -0.1) is 0 Å². The van der Waals surface area contributed by atoms with Gasteiger partial charge in [-0.1, -0.05) is 24.3 Å². The van der Waals surface area contributed by atoms with E-state index < -0.39 is 10.0 Å². The number of hydrogen-bond donors (Lipinski definition) is 1. The SMILES string of the molecule is Cc1nn(C)c(C)c1-c1cnc2ccc(-c3cncc(NS(=O)(=O)c4ccccc4)c3)cc2n1. The molecule has 0 radical (unpaired) electrons. The zero-order chi connectivity index (χ0) is 23.9. The first-order valence-electron chi connectivity index (χ1n) is 10.6. The van der Waals surface area contributed by atoms with E-state index >= 15 is 0 Å². The molecule has 2 aromatic carbocycles. The number of hydrogen-bond acceptors (Lipinski definition) is 6. The van der Waals surface area contributed by atoms with Gasteiger partial charge in [0.25, 0.3) is 10.0 Å². The molecule has 3 heterocycles. The van der Waals surface area contributed by atoms with Gasteiger partial charge in [-0.2, -0.15) is 5.10 Å². The van der Waals surface area contributed by atoms with Crippen LogP contribution in [0.25, 0.3) is 33.4 Å². The van der Waals surface area contributed by atoms with Crippen LogP contribution < -0.4 is 4.72 Å². The molecule has 0 spiro atoms. The molecule has 0 aliphatic rings. The Morgan fingerprint density at radius 3 is 2.41 bits per heavy atom. The molecule has 0 atom stereocenters. The number of nitrogens with one attached hydrogen (secondary N) is 1. The summed E-state index contributed by atoms with van der Waals surface area (Å²) in [6.07, 6.45) is 4.94. The van der Waals surface area contributed by atoms with Gasteiger partial charge in [-0.25, -0.2) is 13.4 Å². The first-order chi connectivity index (χ1) is 16.3. The molecule has 8 nitrogen and oxygen atoms in total. The third-order valence-corrected chi connectivity index (χ3v) is 7.08. The molecule has 170 valence electrons. The smallest absolute Gasteiger partial charge is 0.261 e. The summed E-state index contributed by atoms with van der Waals surface area (Å²) < 4.78 is 29.8. The van der Waals surface area contributed by atoms with E-state index in [4.69, 9.17) is 4.98 Å². The van der Waals surface area contributed by atoms with Crippen molar-refractivity contribution in [3.8, 4) is 22.4 Å². The number of sulfonamides is 1. The van der Waals surface area contributed by atoms with Crippen LogP contribution in [-0.4, -0.2) is 33.2 Å². The topological polar surface area (TPSA) is 103 Å². The fourth-order valence-corrected chi connectivity index (χ4v) is 4.98. The highest BCUT2D eigenvalue weighted by Gasteiger charge is 2.16. The van der Waals surface area contributed by atoms with Crippen LogP contribution >= 0.6 is 0 Å². The number of aryl methyl sites for hydroxylation is 2. The van der Waals surface area contributed by atoms with Gasteiger partial charge in [0, 0.05) is 30.1 Å². The fourth-order valence-electron chi connectivity index (χ4n) is 3.92. The van der Waals surface area contributed by atoms with Gasteiger partial charge in [0.15, 0.2) is 0 Å². The summed E-state index contributed by atoms with van der Waals surface area (Å²) >= 11 is 0. The second-order valence-corrected chi connectivity index (χ2v) is 9.69. The van der Waals surface area contributed by atoms with Gasteiger partial charge in [0.2, 0.25) is 0 Å². The lowest BCUT2D eigenvalue weighted by molar-refractivity contribution is 0.601. The van der Waals surface area contributed by atoms with Crippen LogP contribution in [0.1, 0.15) is 11.4 Å². The molecule has 0 amide bonds. The molecule has 0 fully saturated rings. The van der Waals surface area contributed by atoms with E-state index in [1.54, 1.807) is 48.8 Å². The van der Waals surface area contributed by atoms with Crippen molar-refractivity contribution in [1.29, 1.82) is 0 Å². The summed E-state index contributed by atoms with van der Waals surface area (Å²) in [4.78, 5) is 13.8. The van der Waals surface area contributed by atoms with Crippen molar-refractivity contribution < 1.29 is 8.42 Å². The largest absolute Gasteiger partial charge is 0.278 e. The predicted molar refractivity (Wildman–Crippen MR) is 132 cm³/mol. The van der Waals surface area contributed by atoms with E-state index in [1.165, 1.54) is 6.20 Å². The Labute approximate surface area is 197 Å².